The molecule has 19 nitrogen and oxygen atoms in total. The highest BCUT2D eigenvalue weighted by Crippen LogP contribution is 2.40. The number of hydrogen-bond acceptors (Lipinski definition) is 10. The number of nitrogens with zero attached hydrogens (tertiary/aromatic N) is 6. The Hall–Kier alpha value is -7.86. The van der Waals surface area contributed by atoms with Gasteiger partial charge in [0.25, 0.3) is 23.6 Å². The first-order chi connectivity index (χ1) is 34.8. The predicted octanol–water partition coefficient (Wildman–Crippen LogP) is 4.48. The van der Waals surface area contributed by atoms with Crippen molar-refractivity contribution in [1.29, 1.82) is 0 Å². The number of carbonyl (C=O) groups is 6. The van der Waals surface area contributed by atoms with E-state index in [4.69, 9.17) is 0 Å². The molecular formula is C49H52F6N8O11. The third-order valence-electron chi connectivity index (χ3n) is 14.3. The highest BCUT2D eigenvalue weighted by Gasteiger charge is 2.45. The molecule has 2 saturated heterocycles. The molecule has 396 valence electrons. The number of amides is 6. The summed E-state index contributed by atoms with van der Waals surface area (Å²) in [6.07, 6.45) is 3.50. The standard InChI is InChI=1S/C25H27F3N4O5.C24H25F3N4O6/c1-12-4-5-14(9-30(3)13(2)33)20-11-31(12)25(37)21-23(35)22(34)17(10-32(20)21)24(36)29-8-16-18(27)6-15(26)7-19(16)28;1-11-3-4-12(8-29(2)24(36)37)18-10-30(11)23(35)19-21(33)20(32)15(9-31(18)19)22(34)28-7-14-16(26)5-13(25)6-17(14)27/h6-7,10,12,14,20,35H,4-5,8-9,11H2,1-3H3,(H,29,36);5-6,9,11-12,18,33H,3-4,7-8,10H2,1-2H3,(H,28,34)(H,36,37). The minimum atomic E-state index is -1.23. The second-order valence-electron chi connectivity index (χ2n) is 19.0. The second kappa shape index (κ2) is 21.3. The fourth-order valence-electron chi connectivity index (χ4n) is 9.99. The van der Waals surface area contributed by atoms with E-state index >= 15 is 0 Å². The van der Waals surface area contributed by atoms with Gasteiger partial charge in [0.15, 0.2) is 22.9 Å². The van der Waals surface area contributed by atoms with Crippen molar-refractivity contribution in [2.24, 2.45) is 11.8 Å². The molecule has 8 rings (SSSR count). The number of pyridine rings is 2. The minimum Gasteiger partial charge on any atom is -0.503 e. The summed E-state index contributed by atoms with van der Waals surface area (Å²) in [5, 5.41) is 35.2. The first-order valence-corrected chi connectivity index (χ1v) is 23.4. The van der Waals surface area contributed by atoms with Gasteiger partial charge in [0.1, 0.15) is 46.0 Å². The largest absolute Gasteiger partial charge is 0.503 e. The summed E-state index contributed by atoms with van der Waals surface area (Å²) in [6, 6.07) is 0.399. The van der Waals surface area contributed by atoms with Crippen molar-refractivity contribution in [3.63, 3.8) is 0 Å². The fraction of sp³-hybridized carbons (Fsp3) is 0.429. The Morgan fingerprint density at radius 3 is 1.30 bits per heavy atom. The topological polar surface area (TPSA) is 244 Å². The lowest BCUT2D eigenvalue weighted by atomic mass is 9.92. The minimum absolute atomic E-state index is 0.103. The van der Waals surface area contributed by atoms with E-state index in [9.17, 15) is 80.0 Å². The molecule has 6 heterocycles. The Kier molecular flexibility index (Phi) is 15.5. The number of halogens is 6. The molecule has 2 fully saturated rings. The number of benzene rings is 2. The Morgan fingerprint density at radius 1 is 0.608 bits per heavy atom. The van der Waals surface area contributed by atoms with E-state index in [-0.39, 0.29) is 60.8 Å². The summed E-state index contributed by atoms with van der Waals surface area (Å²) in [5.41, 5.74) is -5.16. The summed E-state index contributed by atoms with van der Waals surface area (Å²) in [5.74, 6) is -12.9. The van der Waals surface area contributed by atoms with Gasteiger partial charge in [-0.15, -0.1) is 0 Å². The highest BCUT2D eigenvalue weighted by atomic mass is 19.2. The van der Waals surface area contributed by atoms with E-state index in [1.807, 2.05) is 13.8 Å². The predicted molar refractivity (Wildman–Crippen MR) is 248 cm³/mol. The molecule has 6 unspecified atom stereocenters. The van der Waals surface area contributed by atoms with E-state index < -0.39 is 134 Å². The van der Waals surface area contributed by atoms with Gasteiger partial charge in [-0.05, 0) is 51.4 Å². The molecule has 0 radical (unpaired) electrons. The maximum Gasteiger partial charge on any atom is 0.407 e. The summed E-state index contributed by atoms with van der Waals surface area (Å²) in [7, 11) is 3.05. The molecule has 0 saturated carbocycles. The lowest BCUT2D eigenvalue weighted by molar-refractivity contribution is -0.128. The molecule has 4 aliphatic heterocycles. The van der Waals surface area contributed by atoms with Gasteiger partial charge in [0.05, 0.1) is 12.1 Å². The first kappa shape index (κ1) is 53.9. The molecule has 2 aromatic heterocycles. The lowest BCUT2D eigenvalue weighted by Crippen LogP contribution is -2.49. The zero-order valence-corrected chi connectivity index (χ0v) is 40.6. The molecule has 0 spiro atoms. The van der Waals surface area contributed by atoms with Crippen molar-refractivity contribution in [3.05, 3.63) is 126 Å². The van der Waals surface area contributed by atoms with Crippen molar-refractivity contribution in [1.82, 2.24) is 39.4 Å². The Bertz CT molecular complexity index is 2850. The highest BCUT2D eigenvalue weighted by molar-refractivity contribution is 6.00. The van der Waals surface area contributed by atoms with E-state index in [1.165, 1.54) is 34.2 Å². The van der Waals surface area contributed by atoms with Gasteiger partial charge in [-0.1, -0.05) is 0 Å². The van der Waals surface area contributed by atoms with Crippen molar-refractivity contribution in [2.75, 3.05) is 40.3 Å². The van der Waals surface area contributed by atoms with Crippen molar-refractivity contribution in [3.8, 4) is 11.5 Å². The van der Waals surface area contributed by atoms with Crippen LogP contribution in [0.3, 0.4) is 0 Å². The molecule has 4 aromatic rings. The quantitative estimate of drug-likeness (QED) is 0.139. The monoisotopic (exact) mass is 1040 g/mol. The normalized spacial score (nSPS) is 20.7. The van der Waals surface area contributed by atoms with Crippen LogP contribution in [0.15, 0.2) is 46.2 Å². The maximum absolute atomic E-state index is 14.0. The van der Waals surface area contributed by atoms with E-state index in [2.05, 4.69) is 10.6 Å². The van der Waals surface area contributed by atoms with Crippen LogP contribution in [0.4, 0.5) is 31.1 Å². The SMILES string of the molecule is CC(=O)N(C)CC1CCC(C)N2CC1n1cc(C(=O)NCc3c(F)cc(F)cc3F)c(=O)c(O)c1C2=O.CC1CCC(CN(C)C(=O)O)C2CN1C(=O)c1c(O)c(=O)c(C(=O)NCc3c(F)cc(F)cc3F)cn12. The molecule has 4 bridgehead atoms. The van der Waals surface area contributed by atoms with Crippen LogP contribution in [0.1, 0.15) is 111 Å². The molecular weight excluding hydrogens is 991 g/mol. The smallest absolute Gasteiger partial charge is 0.407 e. The zero-order chi connectivity index (χ0) is 54.4. The fourth-order valence-corrected chi connectivity index (χ4v) is 9.99. The van der Waals surface area contributed by atoms with Gasteiger partial charge in [-0.25, -0.2) is 31.1 Å². The van der Waals surface area contributed by atoms with Crippen LogP contribution in [-0.4, -0.2) is 132 Å². The van der Waals surface area contributed by atoms with Gasteiger partial charge >= 0.3 is 6.09 Å². The number of carbonyl (C=O) groups excluding carboxylic acids is 5. The van der Waals surface area contributed by atoms with Gasteiger partial charge in [-0.2, -0.15) is 0 Å². The number of fused-ring (bicyclic) bond motifs is 8. The Labute approximate surface area is 417 Å². The summed E-state index contributed by atoms with van der Waals surface area (Å²) >= 11 is 0. The van der Waals surface area contributed by atoms with Crippen LogP contribution in [-0.2, 0) is 17.9 Å². The summed E-state index contributed by atoms with van der Waals surface area (Å²) < 4.78 is 85.0. The maximum atomic E-state index is 14.0. The molecule has 6 atom stereocenters. The first-order valence-electron chi connectivity index (χ1n) is 23.4. The third-order valence-corrected chi connectivity index (χ3v) is 14.3. The van der Waals surface area contributed by atoms with E-state index in [1.54, 1.807) is 16.8 Å². The number of nitrogens with one attached hydrogen (secondary N) is 2. The van der Waals surface area contributed by atoms with Crippen molar-refractivity contribution in [2.45, 2.75) is 83.7 Å². The van der Waals surface area contributed by atoms with Gasteiger partial charge in [0.2, 0.25) is 16.8 Å². The zero-order valence-electron chi connectivity index (χ0n) is 40.6. The molecule has 74 heavy (non-hydrogen) atoms. The average Bonchev–Trinajstić information content (AvgIpc) is 3.56. The van der Waals surface area contributed by atoms with Gasteiger partial charge in [-0.3, -0.25) is 33.6 Å². The molecule has 2 aromatic carbocycles. The van der Waals surface area contributed by atoms with Crippen LogP contribution in [0.2, 0.25) is 0 Å². The number of aromatic hydroxyl groups is 2. The second-order valence-corrected chi connectivity index (χ2v) is 19.0. The van der Waals surface area contributed by atoms with Crippen LogP contribution in [0.25, 0.3) is 0 Å². The van der Waals surface area contributed by atoms with E-state index in [0.29, 0.717) is 56.5 Å². The summed E-state index contributed by atoms with van der Waals surface area (Å²) in [6.45, 7) is 4.60. The molecule has 5 N–H and O–H groups in total. The number of rotatable bonds is 10. The van der Waals surface area contributed by atoms with Crippen LogP contribution in [0.5, 0.6) is 11.5 Å². The van der Waals surface area contributed by atoms with Gasteiger partial charge in [0, 0.05) is 120 Å². The Morgan fingerprint density at radius 2 is 0.959 bits per heavy atom. The molecule has 0 aliphatic carbocycles. The average molecular weight is 1040 g/mol. The van der Waals surface area contributed by atoms with E-state index in [0.717, 1.165) is 11.1 Å². The van der Waals surface area contributed by atoms with Crippen LogP contribution < -0.4 is 21.5 Å². The Balaban J connectivity index is 0.000000216. The molecule has 4 aliphatic rings. The van der Waals surface area contributed by atoms with Gasteiger partial charge < -0.3 is 54.7 Å². The third kappa shape index (κ3) is 10.5. The van der Waals surface area contributed by atoms with Crippen LogP contribution in [0, 0.1) is 46.7 Å². The van der Waals surface area contributed by atoms with Crippen molar-refractivity contribution < 1.29 is 70.4 Å². The van der Waals surface area contributed by atoms with Crippen LogP contribution >= 0.6 is 0 Å². The molecule has 6 amide bonds. The van der Waals surface area contributed by atoms with Crippen molar-refractivity contribution >= 4 is 35.6 Å². The lowest BCUT2D eigenvalue weighted by Gasteiger charge is -2.39. The molecule has 25 heteroatoms. The number of hydrogen-bond donors (Lipinski definition) is 5. The number of carboxylic acid groups (broad SMARTS) is 1. The number of aromatic nitrogens is 2. The summed E-state index contributed by atoms with van der Waals surface area (Å²) in [4.78, 5) is 107.